The van der Waals surface area contributed by atoms with Crippen LogP contribution in [0.5, 0.6) is 11.5 Å². The quantitative estimate of drug-likeness (QED) is 0.895. The van der Waals surface area contributed by atoms with Crippen molar-refractivity contribution in [3.63, 3.8) is 0 Å². The topological polar surface area (TPSA) is 46.1 Å². The van der Waals surface area contributed by atoms with E-state index in [1.807, 2.05) is 30.3 Å². The van der Waals surface area contributed by atoms with Crippen molar-refractivity contribution >= 4 is 0 Å². The van der Waals surface area contributed by atoms with Crippen LogP contribution in [0.2, 0.25) is 0 Å². The second kappa shape index (κ2) is 5.33. The molecule has 0 aromatic heterocycles. The Kier molecular flexibility index (Phi) is 3.38. The summed E-state index contributed by atoms with van der Waals surface area (Å²) in [4.78, 5) is 0. The van der Waals surface area contributed by atoms with Gasteiger partial charge in [-0.2, -0.15) is 0 Å². The summed E-state index contributed by atoms with van der Waals surface area (Å²) in [6, 6.07) is 16.5. The third kappa shape index (κ3) is 2.56. The third-order valence-electron chi connectivity index (χ3n) is 3.38. The molecule has 1 heterocycles. The Balaban J connectivity index is 1.91. The highest BCUT2D eigenvalue weighted by atomic mass is 16.5. The minimum atomic E-state index is 0.110. The largest absolute Gasteiger partial charge is 0.490 e. The zero-order valence-electron chi connectivity index (χ0n) is 10.8. The van der Waals surface area contributed by atoms with Gasteiger partial charge in [0.1, 0.15) is 6.04 Å². The van der Waals surface area contributed by atoms with Gasteiger partial charge in [0.05, 0.1) is 13.2 Å². The monoisotopic (exact) mass is 256 g/mol. The molecule has 2 aromatic carbocycles. The summed E-state index contributed by atoms with van der Waals surface area (Å²) < 4.78 is 11.4. The first-order chi connectivity index (χ1) is 9.34. The van der Waals surface area contributed by atoms with Crippen molar-refractivity contribution in [1.82, 2.24) is 0 Å². The van der Waals surface area contributed by atoms with Crippen LogP contribution in [0.25, 0.3) is 0 Å². The second-order valence-electron chi connectivity index (χ2n) is 4.72. The lowest BCUT2D eigenvalue weighted by Gasteiger charge is -2.12. The minimum absolute atomic E-state index is 0.110. The highest BCUT2D eigenvalue weighted by Crippen LogP contribution is 2.32. The van der Waals surface area contributed by atoms with Crippen molar-refractivity contribution in [2.45, 2.75) is 12.5 Å². The SMILES string of the molecule is [NH3+][C@@H](c1ccccc1)c1ccc2c(c1)OCCCO2. The standard InChI is InChI=1S/C16H17NO2/c17-16(12-5-2-1-3-6-12)13-7-8-14-15(11-13)19-10-4-9-18-14/h1-3,5-8,11,16H,4,9-10,17H2/p+1/t16-/m0/s1. The lowest BCUT2D eigenvalue weighted by molar-refractivity contribution is -0.411. The first-order valence-electron chi connectivity index (χ1n) is 6.62. The van der Waals surface area contributed by atoms with Crippen LogP contribution in [-0.2, 0) is 0 Å². The number of hydrogen-bond acceptors (Lipinski definition) is 2. The van der Waals surface area contributed by atoms with E-state index < -0.39 is 0 Å². The summed E-state index contributed by atoms with van der Waals surface area (Å²) in [5.74, 6) is 1.67. The van der Waals surface area contributed by atoms with Crippen LogP contribution >= 0.6 is 0 Å². The number of benzene rings is 2. The summed E-state index contributed by atoms with van der Waals surface area (Å²) in [6.45, 7) is 1.43. The van der Waals surface area contributed by atoms with E-state index >= 15 is 0 Å². The van der Waals surface area contributed by atoms with E-state index in [-0.39, 0.29) is 6.04 Å². The van der Waals surface area contributed by atoms with Gasteiger partial charge in [0, 0.05) is 17.5 Å². The normalized spacial score (nSPS) is 15.6. The maximum atomic E-state index is 5.72. The van der Waals surface area contributed by atoms with Gasteiger partial charge in [0.15, 0.2) is 11.5 Å². The van der Waals surface area contributed by atoms with E-state index in [1.54, 1.807) is 0 Å². The average Bonchev–Trinajstić information content (AvgIpc) is 2.72. The van der Waals surface area contributed by atoms with Crippen molar-refractivity contribution < 1.29 is 15.2 Å². The van der Waals surface area contributed by atoms with Crippen LogP contribution in [0.3, 0.4) is 0 Å². The Morgan fingerprint density at radius 3 is 2.37 bits per heavy atom. The van der Waals surface area contributed by atoms with Gasteiger partial charge in [-0.25, -0.2) is 0 Å². The van der Waals surface area contributed by atoms with E-state index in [0.717, 1.165) is 30.1 Å². The fourth-order valence-electron chi connectivity index (χ4n) is 2.27. The summed E-state index contributed by atoms with van der Waals surface area (Å²) in [5.41, 5.74) is 6.61. The van der Waals surface area contributed by atoms with E-state index in [0.29, 0.717) is 6.61 Å². The molecule has 3 N–H and O–H groups in total. The summed E-state index contributed by atoms with van der Waals surface area (Å²) >= 11 is 0. The number of rotatable bonds is 2. The molecule has 3 rings (SSSR count). The molecule has 1 atom stereocenters. The highest BCUT2D eigenvalue weighted by molar-refractivity contribution is 5.45. The van der Waals surface area contributed by atoms with Crippen LogP contribution < -0.4 is 15.2 Å². The Morgan fingerprint density at radius 1 is 0.842 bits per heavy atom. The van der Waals surface area contributed by atoms with Crippen molar-refractivity contribution in [3.05, 3.63) is 59.7 Å². The van der Waals surface area contributed by atoms with E-state index in [4.69, 9.17) is 9.47 Å². The highest BCUT2D eigenvalue weighted by Gasteiger charge is 2.16. The molecule has 0 spiro atoms. The molecule has 0 aliphatic carbocycles. The molecule has 1 aliphatic rings. The molecule has 0 bridgehead atoms. The predicted molar refractivity (Wildman–Crippen MR) is 73.2 cm³/mol. The molecule has 2 aromatic rings. The fourth-order valence-corrected chi connectivity index (χ4v) is 2.27. The zero-order valence-corrected chi connectivity index (χ0v) is 10.8. The number of fused-ring (bicyclic) bond motifs is 1. The molecular formula is C16H18NO2+. The molecule has 1 aliphatic heterocycles. The van der Waals surface area contributed by atoms with Gasteiger partial charge in [-0.3, -0.25) is 0 Å². The maximum absolute atomic E-state index is 5.72. The summed E-state index contributed by atoms with van der Waals surface area (Å²) in [7, 11) is 0. The average molecular weight is 256 g/mol. The molecule has 0 unspecified atom stereocenters. The first kappa shape index (κ1) is 12.1. The maximum Gasteiger partial charge on any atom is 0.161 e. The van der Waals surface area contributed by atoms with Gasteiger partial charge < -0.3 is 15.2 Å². The molecule has 0 saturated heterocycles. The van der Waals surface area contributed by atoms with E-state index in [1.165, 1.54) is 5.56 Å². The zero-order chi connectivity index (χ0) is 13.1. The number of hydrogen-bond donors (Lipinski definition) is 1. The number of quaternary nitrogens is 1. The van der Waals surface area contributed by atoms with Crippen LogP contribution in [0.1, 0.15) is 23.6 Å². The lowest BCUT2D eigenvalue weighted by Crippen LogP contribution is -2.53. The molecule has 98 valence electrons. The van der Waals surface area contributed by atoms with Crippen LogP contribution in [0, 0.1) is 0 Å². The summed E-state index contributed by atoms with van der Waals surface area (Å²) in [5, 5.41) is 0. The van der Waals surface area contributed by atoms with Gasteiger partial charge >= 0.3 is 0 Å². The molecular weight excluding hydrogens is 238 g/mol. The molecule has 0 radical (unpaired) electrons. The van der Waals surface area contributed by atoms with Gasteiger partial charge in [-0.1, -0.05) is 30.3 Å². The Bertz CT molecular complexity index is 554. The Labute approximate surface area is 113 Å². The first-order valence-corrected chi connectivity index (χ1v) is 6.62. The predicted octanol–water partition coefficient (Wildman–Crippen LogP) is 2.18. The van der Waals surface area contributed by atoms with Crippen molar-refractivity contribution in [2.75, 3.05) is 13.2 Å². The molecule has 3 heteroatoms. The smallest absolute Gasteiger partial charge is 0.161 e. The molecule has 19 heavy (non-hydrogen) atoms. The Morgan fingerprint density at radius 2 is 1.58 bits per heavy atom. The van der Waals surface area contributed by atoms with E-state index in [9.17, 15) is 0 Å². The molecule has 3 nitrogen and oxygen atoms in total. The van der Waals surface area contributed by atoms with Crippen LogP contribution in [-0.4, -0.2) is 13.2 Å². The van der Waals surface area contributed by atoms with Crippen molar-refractivity contribution in [3.8, 4) is 11.5 Å². The van der Waals surface area contributed by atoms with Crippen LogP contribution in [0.4, 0.5) is 0 Å². The molecule has 0 amide bonds. The van der Waals surface area contributed by atoms with Gasteiger partial charge in [-0.05, 0) is 18.2 Å². The van der Waals surface area contributed by atoms with Gasteiger partial charge in [0.2, 0.25) is 0 Å². The number of ether oxygens (including phenoxy) is 2. The third-order valence-corrected chi connectivity index (χ3v) is 3.38. The second-order valence-corrected chi connectivity index (χ2v) is 4.72. The molecule has 0 fully saturated rings. The van der Waals surface area contributed by atoms with Crippen LogP contribution in [0.15, 0.2) is 48.5 Å². The lowest BCUT2D eigenvalue weighted by atomic mass is 9.99. The Hall–Kier alpha value is -2.00. The molecule has 0 saturated carbocycles. The van der Waals surface area contributed by atoms with Gasteiger partial charge in [-0.15, -0.1) is 0 Å². The van der Waals surface area contributed by atoms with Gasteiger partial charge in [0.25, 0.3) is 0 Å². The van der Waals surface area contributed by atoms with Crippen molar-refractivity contribution in [2.24, 2.45) is 0 Å². The van der Waals surface area contributed by atoms with E-state index in [2.05, 4.69) is 23.9 Å². The minimum Gasteiger partial charge on any atom is -0.490 e. The van der Waals surface area contributed by atoms with Crippen molar-refractivity contribution in [1.29, 1.82) is 0 Å². The fraction of sp³-hybridized carbons (Fsp3) is 0.250. The summed E-state index contributed by atoms with van der Waals surface area (Å²) in [6.07, 6.45) is 0.927.